The molecular weight excluding hydrogens is 356 g/mol. The fourth-order valence-electron chi connectivity index (χ4n) is 1.69. The highest BCUT2D eigenvalue weighted by molar-refractivity contribution is 6.35. The molecule has 0 aliphatic rings. The maximum absolute atomic E-state index is 12.7. The highest BCUT2D eigenvalue weighted by Crippen LogP contribution is 2.20. The maximum Gasteiger partial charge on any atom is 0.259 e. The van der Waals surface area contributed by atoms with Crippen LogP contribution in [0.5, 0.6) is 0 Å². The standard InChI is InChI=1S/C16H12Cl2FN3O2/c17-11-3-6-14(18)13(7-11)16(24)20-9-15(23)22-21-8-10-1-4-12(19)5-2-10/h1-8H,9H2,(H,20,24)(H,22,23)/b21-8-. The zero-order chi connectivity index (χ0) is 17.5. The van der Waals surface area contributed by atoms with E-state index < -0.39 is 11.8 Å². The van der Waals surface area contributed by atoms with Gasteiger partial charge in [-0.15, -0.1) is 0 Å². The van der Waals surface area contributed by atoms with Crippen LogP contribution in [0.4, 0.5) is 4.39 Å². The van der Waals surface area contributed by atoms with Gasteiger partial charge in [0, 0.05) is 5.02 Å². The molecule has 0 saturated heterocycles. The summed E-state index contributed by atoms with van der Waals surface area (Å²) in [6.07, 6.45) is 1.35. The summed E-state index contributed by atoms with van der Waals surface area (Å²) in [6.45, 7) is -0.289. The molecule has 24 heavy (non-hydrogen) atoms. The van der Waals surface area contributed by atoms with Crippen molar-refractivity contribution in [2.24, 2.45) is 5.10 Å². The number of hydrogen-bond acceptors (Lipinski definition) is 3. The lowest BCUT2D eigenvalue weighted by Gasteiger charge is -2.06. The largest absolute Gasteiger partial charge is 0.343 e. The molecule has 0 heterocycles. The molecule has 2 aromatic rings. The number of hydrogen-bond donors (Lipinski definition) is 2. The highest BCUT2D eigenvalue weighted by Gasteiger charge is 2.12. The number of carbonyl (C=O) groups is 2. The number of nitrogens with zero attached hydrogens (tertiary/aromatic N) is 1. The van der Waals surface area contributed by atoms with Crippen molar-refractivity contribution in [2.45, 2.75) is 0 Å². The third kappa shape index (κ3) is 5.33. The number of carbonyl (C=O) groups excluding carboxylic acids is 2. The van der Waals surface area contributed by atoms with Gasteiger partial charge in [-0.1, -0.05) is 35.3 Å². The Kier molecular flexibility index (Phi) is 6.28. The molecular formula is C16H12Cl2FN3O2. The lowest BCUT2D eigenvalue weighted by molar-refractivity contribution is -0.120. The smallest absolute Gasteiger partial charge is 0.259 e. The first-order valence-corrected chi connectivity index (χ1v) is 7.52. The quantitative estimate of drug-likeness (QED) is 0.629. The highest BCUT2D eigenvalue weighted by atomic mass is 35.5. The van der Waals surface area contributed by atoms with Crippen LogP contribution >= 0.6 is 23.2 Å². The van der Waals surface area contributed by atoms with Gasteiger partial charge in [-0.05, 0) is 35.9 Å². The molecule has 0 radical (unpaired) electrons. The van der Waals surface area contributed by atoms with Crippen LogP contribution in [-0.4, -0.2) is 24.6 Å². The Morgan fingerprint density at radius 1 is 1.12 bits per heavy atom. The summed E-state index contributed by atoms with van der Waals surface area (Å²) in [6, 6.07) is 10.0. The minimum absolute atomic E-state index is 0.173. The molecule has 0 aliphatic heterocycles. The first-order valence-electron chi connectivity index (χ1n) is 6.76. The van der Waals surface area contributed by atoms with Gasteiger partial charge in [-0.3, -0.25) is 9.59 Å². The summed E-state index contributed by atoms with van der Waals surface area (Å²) in [4.78, 5) is 23.6. The van der Waals surface area contributed by atoms with E-state index in [1.54, 1.807) is 6.07 Å². The number of halogens is 3. The molecule has 2 rings (SSSR count). The SMILES string of the molecule is O=C(CNC(=O)c1cc(Cl)ccc1Cl)N/N=C\c1ccc(F)cc1. The zero-order valence-electron chi connectivity index (χ0n) is 12.2. The molecule has 0 spiro atoms. The van der Waals surface area contributed by atoms with Crippen molar-refractivity contribution in [1.29, 1.82) is 0 Å². The Bertz CT molecular complexity index is 779. The number of amides is 2. The number of nitrogens with one attached hydrogen (secondary N) is 2. The average Bonchev–Trinajstić information content (AvgIpc) is 2.56. The summed E-state index contributed by atoms with van der Waals surface area (Å²) >= 11 is 11.7. The molecule has 2 N–H and O–H groups in total. The molecule has 124 valence electrons. The molecule has 0 fully saturated rings. The Balaban J connectivity index is 1.83. The molecule has 5 nitrogen and oxygen atoms in total. The van der Waals surface area contributed by atoms with Gasteiger partial charge in [0.1, 0.15) is 5.82 Å². The van der Waals surface area contributed by atoms with E-state index in [1.165, 1.54) is 42.6 Å². The van der Waals surface area contributed by atoms with E-state index in [1.807, 2.05) is 0 Å². The summed E-state index contributed by atoms with van der Waals surface area (Å²) in [5, 5.41) is 6.70. The number of hydrazone groups is 1. The Labute approximate surface area is 147 Å². The summed E-state index contributed by atoms with van der Waals surface area (Å²) < 4.78 is 12.7. The van der Waals surface area contributed by atoms with E-state index in [-0.39, 0.29) is 22.9 Å². The predicted molar refractivity (Wildman–Crippen MR) is 90.9 cm³/mol. The molecule has 0 aliphatic carbocycles. The fraction of sp³-hybridized carbons (Fsp3) is 0.0625. The third-order valence-electron chi connectivity index (χ3n) is 2.86. The van der Waals surface area contributed by atoms with Crippen LogP contribution in [0.15, 0.2) is 47.6 Å². The van der Waals surface area contributed by atoms with Crippen LogP contribution in [0.25, 0.3) is 0 Å². The molecule has 0 saturated carbocycles. The molecule has 2 aromatic carbocycles. The average molecular weight is 368 g/mol. The van der Waals surface area contributed by atoms with E-state index in [2.05, 4.69) is 15.8 Å². The minimum Gasteiger partial charge on any atom is -0.343 e. The molecule has 0 unspecified atom stereocenters. The fourth-order valence-corrected chi connectivity index (χ4v) is 2.07. The third-order valence-corrected chi connectivity index (χ3v) is 3.42. The molecule has 0 aromatic heterocycles. The van der Waals surface area contributed by atoms with Crippen LogP contribution in [0, 0.1) is 5.82 Å². The van der Waals surface area contributed by atoms with Gasteiger partial charge >= 0.3 is 0 Å². The van der Waals surface area contributed by atoms with Gasteiger partial charge in [0.2, 0.25) is 0 Å². The van der Waals surface area contributed by atoms with E-state index in [9.17, 15) is 14.0 Å². The molecule has 0 bridgehead atoms. The van der Waals surface area contributed by atoms with Crippen molar-refractivity contribution < 1.29 is 14.0 Å². The second-order valence-electron chi connectivity index (χ2n) is 4.65. The first kappa shape index (κ1) is 17.9. The van der Waals surface area contributed by atoms with Crippen LogP contribution in [0.3, 0.4) is 0 Å². The Morgan fingerprint density at radius 3 is 2.54 bits per heavy atom. The van der Waals surface area contributed by atoms with Crippen LogP contribution in [0.2, 0.25) is 10.0 Å². The van der Waals surface area contributed by atoms with Crippen LogP contribution in [0.1, 0.15) is 15.9 Å². The molecule has 2 amide bonds. The second-order valence-corrected chi connectivity index (χ2v) is 5.50. The molecule has 8 heteroatoms. The van der Waals surface area contributed by atoms with Crippen LogP contribution in [-0.2, 0) is 4.79 Å². The van der Waals surface area contributed by atoms with Gasteiger partial charge in [0.05, 0.1) is 23.3 Å². The summed E-state index contributed by atoms with van der Waals surface area (Å²) in [5.74, 6) is -1.42. The van der Waals surface area contributed by atoms with E-state index >= 15 is 0 Å². The van der Waals surface area contributed by atoms with E-state index in [4.69, 9.17) is 23.2 Å². The van der Waals surface area contributed by atoms with Crippen LogP contribution < -0.4 is 10.7 Å². The van der Waals surface area contributed by atoms with Gasteiger partial charge < -0.3 is 5.32 Å². The topological polar surface area (TPSA) is 70.6 Å². The van der Waals surface area contributed by atoms with Gasteiger partial charge in [0.25, 0.3) is 11.8 Å². The second kappa shape index (κ2) is 8.42. The lowest BCUT2D eigenvalue weighted by Crippen LogP contribution is -2.35. The first-order chi connectivity index (χ1) is 11.5. The van der Waals surface area contributed by atoms with E-state index in [0.29, 0.717) is 10.6 Å². The van der Waals surface area contributed by atoms with Crippen molar-refractivity contribution in [3.63, 3.8) is 0 Å². The lowest BCUT2D eigenvalue weighted by atomic mass is 10.2. The zero-order valence-corrected chi connectivity index (χ0v) is 13.7. The van der Waals surface area contributed by atoms with E-state index in [0.717, 1.165) is 0 Å². The molecule has 0 atom stereocenters. The van der Waals surface area contributed by atoms with Crippen molar-refractivity contribution in [3.05, 3.63) is 69.5 Å². The summed E-state index contributed by atoms with van der Waals surface area (Å²) in [7, 11) is 0. The van der Waals surface area contributed by atoms with Crippen molar-refractivity contribution in [1.82, 2.24) is 10.7 Å². The Morgan fingerprint density at radius 2 is 1.83 bits per heavy atom. The van der Waals surface area contributed by atoms with Gasteiger partial charge in [-0.25, -0.2) is 9.82 Å². The van der Waals surface area contributed by atoms with Crippen molar-refractivity contribution in [2.75, 3.05) is 6.54 Å². The van der Waals surface area contributed by atoms with Gasteiger partial charge in [0.15, 0.2) is 0 Å². The number of rotatable bonds is 5. The minimum atomic E-state index is -0.528. The Hall–Kier alpha value is -2.44. The maximum atomic E-state index is 12.7. The predicted octanol–water partition coefficient (Wildman–Crippen LogP) is 3.01. The van der Waals surface area contributed by atoms with Crippen molar-refractivity contribution in [3.8, 4) is 0 Å². The number of benzene rings is 2. The van der Waals surface area contributed by atoms with Gasteiger partial charge in [-0.2, -0.15) is 5.10 Å². The van der Waals surface area contributed by atoms with Crippen molar-refractivity contribution >= 4 is 41.2 Å². The normalized spacial score (nSPS) is 10.6. The monoisotopic (exact) mass is 367 g/mol. The summed E-state index contributed by atoms with van der Waals surface area (Å²) in [5.41, 5.74) is 3.03.